The van der Waals surface area contributed by atoms with E-state index in [2.05, 4.69) is 4.98 Å². The van der Waals surface area contributed by atoms with Gasteiger partial charge >= 0.3 is 0 Å². The number of benzene rings is 1. The second-order valence-corrected chi connectivity index (χ2v) is 3.14. The number of hydrogen-bond acceptors (Lipinski definition) is 2. The molecule has 1 aromatic heterocycles. The van der Waals surface area contributed by atoms with Gasteiger partial charge in [-0.25, -0.2) is 0 Å². The minimum Gasteiger partial charge on any atom is -0.394 e. The Morgan fingerprint density at radius 1 is 1.38 bits per heavy atom. The first kappa shape index (κ1) is 8.13. The van der Waals surface area contributed by atoms with Crippen LogP contribution in [0.3, 0.4) is 0 Å². The molecule has 3 nitrogen and oxygen atoms in total. The Morgan fingerprint density at radius 3 is 2.92 bits per heavy atom. The number of H-pyrrole nitrogens is 1. The van der Waals surface area contributed by atoms with Crippen LogP contribution in [0.15, 0.2) is 29.2 Å². The van der Waals surface area contributed by atoms with Gasteiger partial charge in [0.2, 0.25) is 5.43 Å². The van der Waals surface area contributed by atoms with Crippen molar-refractivity contribution in [2.24, 2.45) is 0 Å². The number of fused-ring (bicyclic) bond motifs is 1. The molecule has 0 unspecified atom stereocenters. The van der Waals surface area contributed by atoms with Gasteiger partial charge in [-0.1, -0.05) is 17.7 Å². The van der Waals surface area contributed by atoms with Gasteiger partial charge in [0.25, 0.3) is 0 Å². The van der Waals surface area contributed by atoms with Crippen LogP contribution < -0.4 is 11.2 Å². The lowest BCUT2D eigenvalue weighted by atomic mass is 10.2. The molecule has 4 heteroatoms. The Morgan fingerprint density at radius 2 is 2.15 bits per heavy atom. The van der Waals surface area contributed by atoms with Gasteiger partial charge in [-0.05, 0) is 12.1 Å². The number of aromatic amines is 1. The third-order valence-electron chi connectivity index (χ3n) is 1.89. The molecule has 2 aromatic rings. The third-order valence-corrected chi connectivity index (χ3v) is 2.21. The van der Waals surface area contributed by atoms with Crippen LogP contribution in [-0.2, 0) is 0 Å². The van der Waals surface area contributed by atoms with Gasteiger partial charge in [0, 0.05) is 11.6 Å². The van der Waals surface area contributed by atoms with Gasteiger partial charge in [0.05, 0.1) is 16.2 Å². The maximum absolute atomic E-state index is 11.5. The second-order valence-electron chi connectivity index (χ2n) is 2.74. The van der Waals surface area contributed by atoms with Crippen molar-refractivity contribution in [3.63, 3.8) is 0 Å². The average Bonchev–Trinajstić information content (AvgIpc) is 2.12. The maximum atomic E-state index is 11.5. The number of pyridine rings is 1. The number of nitrogen functional groups attached to an aromatic ring is 1. The zero-order chi connectivity index (χ0) is 9.42. The zero-order valence-corrected chi connectivity index (χ0v) is 7.43. The van der Waals surface area contributed by atoms with E-state index in [9.17, 15) is 4.79 Å². The van der Waals surface area contributed by atoms with Crippen LogP contribution in [0.4, 0.5) is 5.69 Å². The largest absolute Gasteiger partial charge is 0.394 e. The molecule has 0 fully saturated rings. The number of nitrogens with two attached hydrogens (primary N) is 1. The van der Waals surface area contributed by atoms with Crippen molar-refractivity contribution in [1.82, 2.24) is 4.98 Å². The molecule has 0 aliphatic rings. The number of rotatable bonds is 0. The highest BCUT2D eigenvalue weighted by atomic mass is 35.5. The van der Waals surface area contributed by atoms with E-state index in [-0.39, 0.29) is 11.1 Å². The van der Waals surface area contributed by atoms with E-state index in [1.807, 2.05) is 0 Å². The van der Waals surface area contributed by atoms with E-state index in [4.69, 9.17) is 17.3 Å². The normalized spacial score (nSPS) is 10.5. The molecule has 0 saturated heterocycles. The number of anilines is 1. The molecule has 2 rings (SSSR count). The van der Waals surface area contributed by atoms with Crippen LogP contribution in [0.5, 0.6) is 0 Å². The standard InChI is InChI=1S/C9H7ClN2O/c10-6-3-1-2-5-8(6)12-4-7(11)9(5)13/h1-4H,11H2,(H,12,13). The van der Waals surface area contributed by atoms with Gasteiger partial charge in [-0.15, -0.1) is 0 Å². The Balaban J connectivity index is 3.03. The van der Waals surface area contributed by atoms with Crippen LogP contribution in [0, 0.1) is 0 Å². The van der Waals surface area contributed by atoms with Crippen molar-refractivity contribution in [3.05, 3.63) is 39.6 Å². The van der Waals surface area contributed by atoms with E-state index in [1.54, 1.807) is 18.2 Å². The molecule has 13 heavy (non-hydrogen) atoms. The third kappa shape index (κ3) is 1.17. The Hall–Kier alpha value is -1.48. The van der Waals surface area contributed by atoms with Gasteiger partial charge in [0.15, 0.2) is 0 Å². The zero-order valence-electron chi connectivity index (χ0n) is 6.67. The van der Waals surface area contributed by atoms with E-state index in [0.29, 0.717) is 15.9 Å². The molecule has 0 aliphatic carbocycles. The smallest absolute Gasteiger partial charge is 0.212 e. The number of halogens is 1. The number of nitrogens with one attached hydrogen (secondary N) is 1. The van der Waals surface area contributed by atoms with Crippen LogP contribution in [-0.4, -0.2) is 4.98 Å². The first-order chi connectivity index (χ1) is 6.20. The Labute approximate surface area is 79.1 Å². The van der Waals surface area contributed by atoms with Gasteiger partial charge < -0.3 is 10.7 Å². The van der Waals surface area contributed by atoms with E-state index in [1.165, 1.54) is 6.20 Å². The van der Waals surface area contributed by atoms with E-state index >= 15 is 0 Å². The highest BCUT2D eigenvalue weighted by Crippen LogP contribution is 2.18. The van der Waals surface area contributed by atoms with Crippen molar-refractivity contribution < 1.29 is 0 Å². The summed E-state index contributed by atoms with van der Waals surface area (Å²) in [7, 11) is 0. The van der Waals surface area contributed by atoms with Crippen molar-refractivity contribution >= 4 is 28.2 Å². The van der Waals surface area contributed by atoms with E-state index < -0.39 is 0 Å². The quantitative estimate of drug-likeness (QED) is 0.672. The van der Waals surface area contributed by atoms with Crippen molar-refractivity contribution in [2.45, 2.75) is 0 Å². The number of para-hydroxylation sites is 1. The average molecular weight is 195 g/mol. The molecule has 0 saturated carbocycles. The maximum Gasteiger partial charge on any atom is 0.212 e. The fraction of sp³-hybridized carbons (Fsp3) is 0. The lowest BCUT2D eigenvalue weighted by molar-refractivity contribution is 1.39. The number of aromatic nitrogens is 1. The fourth-order valence-electron chi connectivity index (χ4n) is 1.23. The Bertz CT molecular complexity index is 518. The van der Waals surface area contributed by atoms with Gasteiger partial charge in [-0.3, -0.25) is 4.79 Å². The highest BCUT2D eigenvalue weighted by Gasteiger charge is 2.03. The lowest BCUT2D eigenvalue weighted by Gasteiger charge is -2.00. The molecule has 3 N–H and O–H groups in total. The van der Waals surface area contributed by atoms with E-state index in [0.717, 1.165) is 0 Å². The summed E-state index contributed by atoms with van der Waals surface area (Å²) < 4.78 is 0. The van der Waals surface area contributed by atoms with Crippen LogP contribution in [0.1, 0.15) is 0 Å². The molecule has 0 radical (unpaired) electrons. The summed E-state index contributed by atoms with van der Waals surface area (Å²) in [4.78, 5) is 14.3. The lowest BCUT2D eigenvalue weighted by Crippen LogP contribution is -2.08. The summed E-state index contributed by atoms with van der Waals surface area (Å²) in [6, 6.07) is 5.13. The minimum absolute atomic E-state index is 0.184. The Kier molecular flexibility index (Phi) is 1.74. The molecule has 66 valence electrons. The second kappa shape index (κ2) is 2.78. The monoisotopic (exact) mass is 194 g/mol. The molecular formula is C9H7ClN2O. The predicted octanol–water partition coefficient (Wildman–Crippen LogP) is 1.76. The minimum atomic E-state index is -0.184. The summed E-state index contributed by atoms with van der Waals surface area (Å²) >= 11 is 5.87. The molecule has 0 amide bonds. The first-order valence-corrected chi connectivity index (χ1v) is 4.13. The molecule has 1 aromatic carbocycles. The van der Waals surface area contributed by atoms with Crippen LogP contribution in [0.2, 0.25) is 5.02 Å². The van der Waals surface area contributed by atoms with Gasteiger partial charge in [0.1, 0.15) is 0 Å². The van der Waals surface area contributed by atoms with Crippen LogP contribution in [0.25, 0.3) is 10.9 Å². The SMILES string of the molecule is Nc1c[nH]c2c(Cl)cccc2c1=O. The predicted molar refractivity (Wildman–Crippen MR) is 54.0 cm³/mol. The molecule has 1 heterocycles. The molecule has 0 atom stereocenters. The molecular weight excluding hydrogens is 188 g/mol. The fourth-order valence-corrected chi connectivity index (χ4v) is 1.46. The summed E-state index contributed by atoms with van der Waals surface area (Å²) in [5.41, 5.74) is 6.10. The topological polar surface area (TPSA) is 58.9 Å². The highest BCUT2D eigenvalue weighted by molar-refractivity contribution is 6.35. The summed E-state index contributed by atoms with van der Waals surface area (Å²) in [5.74, 6) is 0. The summed E-state index contributed by atoms with van der Waals surface area (Å²) in [6.07, 6.45) is 1.45. The molecule has 0 aliphatic heterocycles. The summed E-state index contributed by atoms with van der Waals surface area (Å²) in [6.45, 7) is 0. The molecule has 0 bridgehead atoms. The van der Waals surface area contributed by atoms with Crippen molar-refractivity contribution in [3.8, 4) is 0 Å². The van der Waals surface area contributed by atoms with Crippen LogP contribution >= 0.6 is 11.6 Å². The summed E-state index contributed by atoms with van der Waals surface area (Å²) in [5, 5.41) is 1.04. The number of hydrogen-bond donors (Lipinski definition) is 2. The van der Waals surface area contributed by atoms with Gasteiger partial charge in [-0.2, -0.15) is 0 Å². The van der Waals surface area contributed by atoms with Crippen molar-refractivity contribution in [1.29, 1.82) is 0 Å². The molecule has 0 spiro atoms. The first-order valence-electron chi connectivity index (χ1n) is 3.75. The van der Waals surface area contributed by atoms with Crippen molar-refractivity contribution in [2.75, 3.05) is 5.73 Å².